The van der Waals surface area contributed by atoms with Gasteiger partial charge in [0.15, 0.2) is 0 Å². The van der Waals surface area contributed by atoms with Crippen molar-refractivity contribution in [2.45, 2.75) is 18.9 Å². The number of aromatic nitrogens is 3. The van der Waals surface area contributed by atoms with Crippen LogP contribution in [-0.4, -0.2) is 65.3 Å². The third-order valence-corrected chi connectivity index (χ3v) is 4.74. The zero-order valence-electron chi connectivity index (χ0n) is 12.7. The smallest absolute Gasteiger partial charge is 0.139 e. The van der Waals surface area contributed by atoms with E-state index in [0.717, 1.165) is 56.1 Å². The molecule has 0 unspecified atom stereocenters. The molecule has 0 amide bonds. The van der Waals surface area contributed by atoms with Gasteiger partial charge in [-0.05, 0) is 18.9 Å². The van der Waals surface area contributed by atoms with Crippen molar-refractivity contribution in [2.75, 3.05) is 44.3 Å². The molecule has 2 aromatic heterocycles. The van der Waals surface area contributed by atoms with Crippen molar-refractivity contribution in [1.82, 2.24) is 19.9 Å². The van der Waals surface area contributed by atoms with Gasteiger partial charge in [0.1, 0.15) is 12.1 Å². The van der Waals surface area contributed by atoms with E-state index in [0.29, 0.717) is 6.04 Å². The molecule has 0 spiro atoms. The maximum atomic E-state index is 5.45. The largest absolute Gasteiger partial charge is 0.379 e. The van der Waals surface area contributed by atoms with Crippen molar-refractivity contribution < 1.29 is 4.74 Å². The van der Waals surface area contributed by atoms with Gasteiger partial charge in [-0.2, -0.15) is 0 Å². The summed E-state index contributed by atoms with van der Waals surface area (Å²) in [5.41, 5.74) is 0.919. The van der Waals surface area contributed by atoms with Crippen molar-refractivity contribution >= 4 is 16.7 Å². The van der Waals surface area contributed by atoms with Crippen molar-refractivity contribution in [3.63, 3.8) is 0 Å². The second-order valence-corrected chi connectivity index (χ2v) is 5.96. The lowest BCUT2D eigenvalue weighted by Crippen LogP contribution is -2.49. The zero-order chi connectivity index (χ0) is 14.8. The van der Waals surface area contributed by atoms with Crippen LogP contribution in [0.1, 0.15) is 12.8 Å². The van der Waals surface area contributed by atoms with E-state index in [9.17, 15) is 0 Å². The first kappa shape index (κ1) is 13.8. The molecular weight excluding hydrogens is 278 g/mol. The van der Waals surface area contributed by atoms with Gasteiger partial charge in [-0.1, -0.05) is 0 Å². The highest BCUT2D eigenvalue weighted by molar-refractivity contribution is 5.88. The van der Waals surface area contributed by atoms with Crippen molar-refractivity contribution in [1.29, 1.82) is 0 Å². The van der Waals surface area contributed by atoms with Crippen LogP contribution in [0.15, 0.2) is 24.8 Å². The minimum atomic E-state index is 0.690. The second kappa shape index (κ2) is 6.14. The Morgan fingerprint density at radius 1 is 1.05 bits per heavy atom. The average molecular weight is 299 g/mol. The zero-order valence-corrected chi connectivity index (χ0v) is 12.7. The molecule has 4 rings (SSSR count). The quantitative estimate of drug-likeness (QED) is 0.834. The van der Waals surface area contributed by atoms with Crippen LogP contribution in [0.4, 0.5) is 5.82 Å². The average Bonchev–Trinajstić information content (AvgIpc) is 2.62. The fourth-order valence-electron chi connectivity index (χ4n) is 3.53. The number of piperidine rings is 1. The number of morpholine rings is 1. The maximum Gasteiger partial charge on any atom is 0.139 e. The van der Waals surface area contributed by atoms with Gasteiger partial charge in [-0.3, -0.25) is 9.88 Å². The normalized spacial score (nSPS) is 21.4. The summed E-state index contributed by atoms with van der Waals surface area (Å²) in [6, 6.07) is 2.70. The molecule has 4 heterocycles. The number of rotatable bonds is 2. The molecule has 0 radical (unpaired) electrons. The summed E-state index contributed by atoms with van der Waals surface area (Å²) in [5, 5.41) is 1.10. The highest BCUT2D eigenvalue weighted by Gasteiger charge is 2.26. The van der Waals surface area contributed by atoms with E-state index in [2.05, 4.69) is 24.8 Å². The Labute approximate surface area is 130 Å². The van der Waals surface area contributed by atoms with E-state index in [1.165, 1.54) is 12.8 Å². The Balaban J connectivity index is 1.48. The van der Waals surface area contributed by atoms with Crippen molar-refractivity contribution in [2.24, 2.45) is 0 Å². The fraction of sp³-hybridized carbons (Fsp3) is 0.562. The van der Waals surface area contributed by atoms with E-state index in [-0.39, 0.29) is 0 Å². The fourth-order valence-corrected chi connectivity index (χ4v) is 3.53. The molecule has 22 heavy (non-hydrogen) atoms. The summed E-state index contributed by atoms with van der Waals surface area (Å²) in [5.74, 6) is 1.05. The molecule has 0 atom stereocenters. The van der Waals surface area contributed by atoms with Gasteiger partial charge < -0.3 is 9.64 Å². The Hall–Kier alpha value is -1.79. The van der Waals surface area contributed by atoms with Crippen LogP contribution in [-0.2, 0) is 4.74 Å². The Morgan fingerprint density at radius 2 is 1.86 bits per heavy atom. The summed E-state index contributed by atoms with van der Waals surface area (Å²) in [4.78, 5) is 17.9. The minimum absolute atomic E-state index is 0.690. The highest BCUT2D eigenvalue weighted by atomic mass is 16.5. The van der Waals surface area contributed by atoms with Crippen molar-refractivity contribution in [3.05, 3.63) is 24.8 Å². The summed E-state index contributed by atoms with van der Waals surface area (Å²) in [6.07, 6.45) is 7.65. The van der Waals surface area contributed by atoms with Gasteiger partial charge in [0.25, 0.3) is 0 Å². The standard InChI is InChI=1S/C16H21N5O/c1-4-17-11-15-14(1)16(19-12-18-15)21-5-2-13(3-6-21)20-7-9-22-10-8-20/h1,4,11-13H,2-3,5-10H2. The van der Waals surface area contributed by atoms with E-state index < -0.39 is 0 Å². The summed E-state index contributed by atoms with van der Waals surface area (Å²) in [6.45, 7) is 6.01. The number of ether oxygens (including phenoxy) is 1. The molecule has 2 aliphatic rings. The van der Waals surface area contributed by atoms with E-state index in [4.69, 9.17) is 4.74 Å². The first-order valence-electron chi connectivity index (χ1n) is 8.03. The first-order valence-corrected chi connectivity index (χ1v) is 8.03. The van der Waals surface area contributed by atoms with Gasteiger partial charge >= 0.3 is 0 Å². The molecule has 2 saturated heterocycles. The molecule has 6 heteroatoms. The van der Waals surface area contributed by atoms with E-state index in [1.807, 2.05) is 12.3 Å². The van der Waals surface area contributed by atoms with Gasteiger partial charge in [-0.15, -0.1) is 0 Å². The molecular formula is C16H21N5O. The summed E-state index contributed by atoms with van der Waals surface area (Å²) >= 11 is 0. The summed E-state index contributed by atoms with van der Waals surface area (Å²) in [7, 11) is 0. The predicted octanol–water partition coefficient (Wildman–Crippen LogP) is 1.33. The minimum Gasteiger partial charge on any atom is -0.379 e. The number of anilines is 1. The predicted molar refractivity (Wildman–Crippen MR) is 85.0 cm³/mol. The number of hydrogen-bond donors (Lipinski definition) is 0. The molecule has 2 aliphatic heterocycles. The van der Waals surface area contributed by atoms with E-state index in [1.54, 1.807) is 12.5 Å². The van der Waals surface area contributed by atoms with Crippen LogP contribution >= 0.6 is 0 Å². The molecule has 116 valence electrons. The summed E-state index contributed by atoms with van der Waals surface area (Å²) < 4.78 is 5.45. The van der Waals surface area contributed by atoms with Crippen LogP contribution in [0.3, 0.4) is 0 Å². The maximum absolute atomic E-state index is 5.45. The highest BCUT2D eigenvalue weighted by Crippen LogP contribution is 2.26. The molecule has 0 saturated carbocycles. The Kier molecular flexibility index (Phi) is 3.86. The van der Waals surface area contributed by atoms with Crippen LogP contribution in [0.5, 0.6) is 0 Å². The lowest BCUT2D eigenvalue weighted by atomic mass is 10.0. The third kappa shape index (κ3) is 2.64. The number of nitrogens with zero attached hydrogens (tertiary/aromatic N) is 5. The first-order chi connectivity index (χ1) is 10.9. The lowest BCUT2D eigenvalue weighted by Gasteiger charge is -2.40. The number of hydrogen-bond acceptors (Lipinski definition) is 6. The lowest BCUT2D eigenvalue weighted by molar-refractivity contribution is 0.0115. The number of pyridine rings is 1. The number of fused-ring (bicyclic) bond motifs is 1. The second-order valence-electron chi connectivity index (χ2n) is 5.96. The van der Waals surface area contributed by atoms with Crippen LogP contribution < -0.4 is 4.90 Å². The van der Waals surface area contributed by atoms with Gasteiger partial charge in [-0.25, -0.2) is 9.97 Å². The third-order valence-electron chi connectivity index (χ3n) is 4.74. The molecule has 0 aromatic carbocycles. The van der Waals surface area contributed by atoms with E-state index >= 15 is 0 Å². The Bertz CT molecular complexity index is 630. The van der Waals surface area contributed by atoms with Gasteiger partial charge in [0.2, 0.25) is 0 Å². The molecule has 0 aliphatic carbocycles. The Morgan fingerprint density at radius 3 is 2.68 bits per heavy atom. The molecule has 0 N–H and O–H groups in total. The molecule has 6 nitrogen and oxygen atoms in total. The van der Waals surface area contributed by atoms with Crippen LogP contribution in [0.25, 0.3) is 10.9 Å². The van der Waals surface area contributed by atoms with Crippen LogP contribution in [0.2, 0.25) is 0 Å². The molecule has 0 bridgehead atoms. The molecule has 2 fully saturated rings. The van der Waals surface area contributed by atoms with Gasteiger partial charge in [0.05, 0.1) is 24.9 Å². The van der Waals surface area contributed by atoms with Crippen LogP contribution in [0, 0.1) is 0 Å². The van der Waals surface area contributed by atoms with Gasteiger partial charge in [0, 0.05) is 43.8 Å². The molecule has 2 aromatic rings. The monoisotopic (exact) mass is 299 g/mol. The van der Waals surface area contributed by atoms with Crippen molar-refractivity contribution in [3.8, 4) is 0 Å². The SMILES string of the molecule is c1cc2c(N3CCC(N4CCOCC4)CC3)ncnc2cn1. The topological polar surface area (TPSA) is 54.4 Å².